The van der Waals surface area contributed by atoms with E-state index < -0.39 is 11.8 Å². The zero-order valence-electron chi connectivity index (χ0n) is 10.8. The molecule has 106 valence electrons. The van der Waals surface area contributed by atoms with Crippen LogP contribution in [0.5, 0.6) is 0 Å². The smallest absolute Gasteiger partial charge is 0.374 e. The van der Waals surface area contributed by atoms with E-state index in [1.165, 1.54) is 18.2 Å². The first kappa shape index (κ1) is 13.6. The monoisotopic (exact) mass is 304 g/mol. The molecule has 1 aromatic heterocycles. The maximum Gasteiger partial charge on any atom is 0.374 e. The largest absolute Gasteiger partial charge is 0.455 e. The van der Waals surface area contributed by atoms with Gasteiger partial charge in [-0.2, -0.15) is 0 Å². The van der Waals surface area contributed by atoms with E-state index in [0.29, 0.717) is 5.58 Å². The van der Waals surface area contributed by atoms with Crippen molar-refractivity contribution in [1.29, 1.82) is 0 Å². The molecular formula is C16H10ClFO3. The van der Waals surface area contributed by atoms with Crippen molar-refractivity contribution in [2.45, 2.75) is 6.61 Å². The Morgan fingerprint density at radius 3 is 2.76 bits per heavy atom. The van der Waals surface area contributed by atoms with Crippen molar-refractivity contribution in [1.82, 2.24) is 0 Å². The minimum absolute atomic E-state index is 0.0728. The van der Waals surface area contributed by atoms with Gasteiger partial charge in [-0.25, -0.2) is 9.18 Å². The number of ether oxygens (including phenoxy) is 1. The van der Waals surface area contributed by atoms with Gasteiger partial charge in [-0.15, -0.1) is 0 Å². The average Bonchev–Trinajstić information content (AvgIpc) is 2.90. The number of halogens is 2. The fourth-order valence-electron chi connectivity index (χ4n) is 1.96. The van der Waals surface area contributed by atoms with Gasteiger partial charge in [0.15, 0.2) is 0 Å². The summed E-state index contributed by atoms with van der Waals surface area (Å²) in [5, 5.41) is 1.01. The van der Waals surface area contributed by atoms with Crippen LogP contribution in [0.1, 0.15) is 16.1 Å². The van der Waals surface area contributed by atoms with Crippen LogP contribution in [0.3, 0.4) is 0 Å². The predicted octanol–water partition coefficient (Wildman–Crippen LogP) is 4.58. The van der Waals surface area contributed by atoms with Crippen LogP contribution in [0.4, 0.5) is 4.39 Å². The molecule has 1 heterocycles. The minimum atomic E-state index is -0.662. The second-order valence-corrected chi connectivity index (χ2v) is 4.83. The zero-order chi connectivity index (χ0) is 14.8. The quantitative estimate of drug-likeness (QED) is 0.665. The molecule has 0 amide bonds. The van der Waals surface area contributed by atoms with Gasteiger partial charge >= 0.3 is 5.97 Å². The fraction of sp³-hybridized carbons (Fsp3) is 0.0625. The lowest BCUT2D eigenvalue weighted by Gasteiger charge is -2.06. The second-order valence-electron chi connectivity index (χ2n) is 4.42. The maximum absolute atomic E-state index is 13.6. The molecule has 0 radical (unpaired) electrons. The van der Waals surface area contributed by atoms with E-state index in [9.17, 15) is 9.18 Å². The molecule has 0 aliphatic carbocycles. The van der Waals surface area contributed by atoms with Gasteiger partial charge in [-0.3, -0.25) is 0 Å². The number of esters is 1. The molecule has 0 unspecified atom stereocenters. The highest BCUT2D eigenvalue weighted by Crippen LogP contribution is 2.22. The maximum atomic E-state index is 13.6. The van der Waals surface area contributed by atoms with E-state index in [0.717, 1.165) is 5.39 Å². The van der Waals surface area contributed by atoms with E-state index in [-0.39, 0.29) is 23.0 Å². The summed E-state index contributed by atoms with van der Waals surface area (Å²) < 4.78 is 24.0. The first-order valence-electron chi connectivity index (χ1n) is 6.24. The highest BCUT2D eigenvalue weighted by atomic mass is 35.5. The molecule has 2 aromatic carbocycles. The van der Waals surface area contributed by atoms with Crippen LogP contribution in [0, 0.1) is 5.82 Å². The van der Waals surface area contributed by atoms with Crippen LogP contribution in [-0.4, -0.2) is 5.97 Å². The Balaban J connectivity index is 1.77. The molecule has 0 spiro atoms. The number of fused-ring (bicyclic) bond motifs is 1. The van der Waals surface area contributed by atoms with Crippen LogP contribution in [0.25, 0.3) is 11.0 Å². The summed E-state index contributed by atoms with van der Waals surface area (Å²) in [5.74, 6) is -1.10. The molecule has 3 aromatic rings. The molecule has 0 atom stereocenters. The normalized spacial score (nSPS) is 10.8. The van der Waals surface area contributed by atoms with Crippen molar-refractivity contribution in [2.75, 3.05) is 0 Å². The minimum Gasteiger partial charge on any atom is -0.455 e. The SMILES string of the molecule is O=C(OCc1c(F)cccc1Cl)c1cc2ccccc2o1. The molecule has 5 heteroatoms. The van der Waals surface area contributed by atoms with Gasteiger partial charge in [-0.05, 0) is 24.3 Å². The third-order valence-corrected chi connectivity index (χ3v) is 3.39. The zero-order valence-corrected chi connectivity index (χ0v) is 11.6. The Hall–Kier alpha value is -2.33. The molecule has 0 aliphatic heterocycles. The van der Waals surface area contributed by atoms with Crippen molar-refractivity contribution in [3.05, 3.63) is 70.7 Å². The van der Waals surface area contributed by atoms with Crippen molar-refractivity contribution >= 4 is 28.5 Å². The molecular weight excluding hydrogens is 295 g/mol. The Labute approximate surface area is 124 Å². The number of hydrogen-bond donors (Lipinski definition) is 0. The lowest BCUT2D eigenvalue weighted by molar-refractivity contribution is 0.0435. The van der Waals surface area contributed by atoms with E-state index in [1.54, 1.807) is 18.2 Å². The van der Waals surface area contributed by atoms with Crippen LogP contribution in [0.2, 0.25) is 5.02 Å². The number of hydrogen-bond acceptors (Lipinski definition) is 3. The lowest BCUT2D eigenvalue weighted by atomic mass is 10.2. The molecule has 0 N–H and O–H groups in total. The van der Waals surface area contributed by atoms with Crippen LogP contribution >= 0.6 is 11.6 Å². The lowest BCUT2D eigenvalue weighted by Crippen LogP contribution is -2.05. The van der Waals surface area contributed by atoms with Gasteiger partial charge in [0.2, 0.25) is 5.76 Å². The standard InChI is InChI=1S/C16H10ClFO3/c17-12-5-3-6-13(18)11(12)9-20-16(19)15-8-10-4-1-2-7-14(10)21-15/h1-8H,9H2. The summed E-state index contributed by atoms with van der Waals surface area (Å²) in [5.41, 5.74) is 0.733. The van der Waals surface area contributed by atoms with Gasteiger partial charge in [-0.1, -0.05) is 35.9 Å². The van der Waals surface area contributed by atoms with E-state index >= 15 is 0 Å². The number of carbonyl (C=O) groups is 1. The topological polar surface area (TPSA) is 39.4 Å². The molecule has 0 saturated heterocycles. The van der Waals surface area contributed by atoms with Crippen molar-refractivity contribution in [2.24, 2.45) is 0 Å². The first-order chi connectivity index (χ1) is 10.1. The molecule has 3 nitrogen and oxygen atoms in total. The molecule has 0 fully saturated rings. The van der Waals surface area contributed by atoms with Gasteiger partial charge in [0.1, 0.15) is 18.0 Å². The third-order valence-electron chi connectivity index (χ3n) is 3.04. The summed E-state index contributed by atoms with van der Waals surface area (Å²) in [6, 6.07) is 13.1. The fourth-order valence-corrected chi connectivity index (χ4v) is 2.18. The first-order valence-corrected chi connectivity index (χ1v) is 6.61. The Morgan fingerprint density at radius 1 is 1.19 bits per heavy atom. The second kappa shape index (κ2) is 5.58. The predicted molar refractivity (Wildman–Crippen MR) is 76.7 cm³/mol. The number of furan rings is 1. The number of rotatable bonds is 3. The number of carbonyl (C=O) groups excluding carboxylic acids is 1. The van der Waals surface area contributed by atoms with Gasteiger partial charge < -0.3 is 9.15 Å². The van der Waals surface area contributed by atoms with Crippen LogP contribution in [-0.2, 0) is 11.3 Å². The van der Waals surface area contributed by atoms with Crippen molar-refractivity contribution < 1.29 is 18.3 Å². The molecule has 0 bridgehead atoms. The summed E-state index contributed by atoms with van der Waals surface area (Å²) in [7, 11) is 0. The summed E-state index contributed by atoms with van der Waals surface area (Å²) in [6.07, 6.45) is 0. The van der Waals surface area contributed by atoms with Gasteiger partial charge in [0.25, 0.3) is 0 Å². The summed E-state index contributed by atoms with van der Waals surface area (Å²) in [4.78, 5) is 11.9. The molecule has 0 saturated carbocycles. The molecule has 3 rings (SSSR count). The molecule has 0 aliphatic rings. The third kappa shape index (κ3) is 2.76. The summed E-state index contributed by atoms with van der Waals surface area (Å²) >= 11 is 5.87. The van der Waals surface area contributed by atoms with E-state index in [1.807, 2.05) is 12.1 Å². The average molecular weight is 305 g/mol. The van der Waals surface area contributed by atoms with E-state index in [2.05, 4.69) is 0 Å². The van der Waals surface area contributed by atoms with Crippen LogP contribution < -0.4 is 0 Å². The highest BCUT2D eigenvalue weighted by Gasteiger charge is 2.15. The molecule has 21 heavy (non-hydrogen) atoms. The van der Waals surface area contributed by atoms with Crippen LogP contribution in [0.15, 0.2) is 52.9 Å². The van der Waals surface area contributed by atoms with E-state index in [4.69, 9.17) is 20.8 Å². The Bertz CT molecular complexity index is 757. The van der Waals surface area contributed by atoms with Gasteiger partial charge in [0, 0.05) is 10.9 Å². The number of benzene rings is 2. The Morgan fingerprint density at radius 2 is 2.00 bits per heavy atom. The van der Waals surface area contributed by atoms with Crippen molar-refractivity contribution in [3.63, 3.8) is 0 Å². The Kier molecular flexibility index (Phi) is 3.62. The van der Waals surface area contributed by atoms with Crippen molar-refractivity contribution in [3.8, 4) is 0 Å². The summed E-state index contributed by atoms with van der Waals surface area (Å²) in [6.45, 7) is -0.249. The highest BCUT2D eigenvalue weighted by molar-refractivity contribution is 6.31. The number of para-hydroxylation sites is 1. The van der Waals surface area contributed by atoms with Gasteiger partial charge in [0.05, 0.1) is 5.02 Å².